The second-order valence-electron chi connectivity index (χ2n) is 6.11. The van der Waals surface area contributed by atoms with Crippen molar-refractivity contribution in [1.82, 2.24) is 4.98 Å². The van der Waals surface area contributed by atoms with Crippen molar-refractivity contribution in [2.24, 2.45) is 5.41 Å². The summed E-state index contributed by atoms with van der Waals surface area (Å²) in [7, 11) is 0. The molecule has 6 heteroatoms. The smallest absolute Gasteiger partial charge is 0.310 e. The van der Waals surface area contributed by atoms with Crippen LogP contribution in [0.5, 0.6) is 11.6 Å². The number of aliphatic carboxylic acids is 1. The second kappa shape index (κ2) is 6.31. The molecule has 2 N–H and O–H groups in total. The number of nitrogens with zero attached hydrogens (tertiary/aromatic N) is 1. The monoisotopic (exact) mass is 326 g/mol. The summed E-state index contributed by atoms with van der Waals surface area (Å²) in [6.07, 6.45) is 2.58. The molecule has 1 aliphatic carbocycles. The van der Waals surface area contributed by atoms with Gasteiger partial charge in [-0.3, -0.25) is 9.59 Å². The first-order valence-corrected chi connectivity index (χ1v) is 7.71. The number of carboxylic acid groups (broad SMARTS) is 1. The minimum atomic E-state index is -0.905. The molecule has 6 nitrogen and oxygen atoms in total. The van der Waals surface area contributed by atoms with Crippen LogP contribution in [0.2, 0.25) is 0 Å². The number of nitrogens with one attached hydrogen (secondary N) is 1. The quantitative estimate of drug-likeness (QED) is 0.849. The molecule has 0 radical (unpaired) electrons. The summed E-state index contributed by atoms with van der Waals surface area (Å²) in [5.74, 6) is -0.121. The minimum Gasteiger partial charge on any atom is -0.481 e. The van der Waals surface area contributed by atoms with Gasteiger partial charge in [0.2, 0.25) is 11.8 Å². The van der Waals surface area contributed by atoms with Gasteiger partial charge in [0, 0.05) is 12.5 Å². The zero-order valence-corrected chi connectivity index (χ0v) is 13.3. The number of carbonyl (C=O) groups excluding carboxylic acids is 1. The van der Waals surface area contributed by atoms with E-state index in [1.165, 1.54) is 6.20 Å². The number of hydrogen-bond donors (Lipinski definition) is 2. The number of anilines is 1. The molecule has 0 saturated heterocycles. The third kappa shape index (κ3) is 3.71. The number of pyridine rings is 1. The van der Waals surface area contributed by atoms with E-state index in [0.29, 0.717) is 30.2 Å². The standard InChI is InChI=1S/C18H18N2O4/c1-12-2-5-14(6-3-12)24-16-7-4-13(11-19-16)20-15(21)10-18(8-9-18)17(22)23/h2-7,11H,8-10H2,1H3,(H,20,21)(H,22,23). The molecule has 1 aliphatic rings. The van der Waals surface area contributed by atoms with Gasteiger partial charge < -0.3 is 15.2 Å². The highest BCUT2D eigenvalue weighted by Crippen LogP contribution is 2.49. The molecule has 0 aliphatic heterocycles. The van der Waals surface area contributed by atoms with Crippen molar-refractivity contribution in [3.63, 3.8) is 0 Å². The van der Waals surface area contributed by atoms with Crippen LogP contribution in [0.4, 0.5) is 5.69 Å². The number of amides is 1. The van der Waals surface area contributed by atoms with Crippen LogP contribution in [0.15, 0.2) is 42.6 Å². The first-order chi connectivity index (χ1) is 11.5. The summed E-state index contributed by atoms with van der Waals surface area (Å²) >= 11 is 0. The average molecular weight is 326 g/mol. The Morgan fingerprint density at radius 3 is 2.46 bits per heavy atom. The highest BCUT2D eigenvalue weighted by atomic mass is 16.5. The van der Waals surface area contributed by atoms with Crippen molar-refractivity contribution in [3.8, 4) is 11.6 Å². The molecule has 0 bridgehead atoms. The van der Waals surface area contributed by atoms with Crippen LogP contribution in [-0.2, 0) is 9.59 Å². The maximum atomic E-state index is 11.9. The Labute approximate surface area is 139 Å². The third-order valence-electron chi connectivity index (χ3n) is 4.07. The Morgan fingerprint density at radius 2 is 1.92 bits per heavy atom. The fourth-order valence-corrected chi connectivity index (χ4v) is 2.37. The van der Waals surface area contributed by atoms with Crippen molar-refractivity contribution >= 4 is 17.6 Å². The van der Waals surface area contributed by atoms with Gasteiger partial charge in [-0.15, -0.1) is 0 Å². The van der Waals surface area contributed by atoms with Gasteiger partial charge in [0.05, 0.1) is 17.3 Å². The minimum absolute atomic E-state index is 0.00997. The number of hydrogen-bond acceptors (Lipinski definition) is 4. The van der Waals surface area contributed by atoms with Gasteiger partial charge in [0.1, 0.15) is 5.75 Å². The maximum absolute atomic E-state index is 11.9. The number of carbonyl (C=O) groups is 2. The van der Waals surface area contributed by atoms with Gasteiger partial charge in [-0.2, -0.15) is 0 Å². The van der Waals surface area contributed by atoms with Crippen molar-refractivity contribution in [2.75, 3.05) is 5.32 Å². The van der Waals surface area contributed by atoms with E-state index < -0.39 is 11.4 Å². The molecular formula is C18H18N2O4. The van der Waals surface area contributed by atoms with E-state index in [1.807, 2.05) is 31.2 Å². The number of aryl methyl sites for hydroxylation is 1. The number of ether oxygens (including phenoxy) is 1. The SMILES string of the molecule is Cc1ccc(Oc2ccc(NC(=O)CC3(C(=O)O)CC3)cn2)cc1. The zero-order chi connectivity index (χ0) is 17.2. The summed E-state index contributed by atoms with van der Waals surface area (Å²) in [5, 5.41) is 11.8. The molecule has 1 amide bonds. The van der Waals surface area contributed by atoms with Crippen LogP contribution < -0.4 is 10.1 Å². The second-order valence-corrected chi connectivity index (χ2v) is 6.11. The Balaban J connectivity index is 1.57. The molecule has 1 aromatic heterocycles. The molecule has 1 fully saturated rings. The van der Waals surface area contributed by atoms with E-state index in [-0.39, 0.29) is 12.3 Å². The van der Waals surface area contributed by atoms with E-state index in [1.54, 1.807) is 12.1 Å². The predicted molar refractivity (Wildman–Crippen MR) is 88.0 cm³/mol. The molecule has 1 heterocycles. The first kappa shape index (κ1) is 16.0. The van der Waals surface area contributed by atoms with Crippen LogP contribution in [-0.4, -0.2) is 22.0 Å². The van der Waals surface area contributed by atoms with E-state index >= 15 is 0 Å². The fraction of sp³-hybridized carbons (Fsp3) is 0.278. The van der Waals surface area contributed by atoms with Gasteiger partial charge in [-0.25, -0.2) is 4.98 Å². The highest BCUT2D eigenvalue weighted by Gasteiger charge is 2.51. The molecule has 0 unspecified atom stereocenters. The molecule has 3 rings (SSSR count). The summed E-state index contributed by atoms with van der Waals surface area (Å²) in [6, 6.07) is 10.9. The maximum Gasteiger partial charge on any atom is 0.310 e. The van der Waals surface area contributed by atoms with E-state index in [2.05, 4.69) is 10.3 Å². The van der Waals surface area contributed by atoms with Crippen LogP contribution in [0.3, 0.4) is 0 Å². The largest absolute Gasteiger partial charge is 0.481 e. The fourth-order valence-electron chi connectivity index (χ4n) is 2.37. The van der Waals surface area contributed by atoms with Crippen LogP contribution >= 0.6 is 0 Å². The lowest BCUT2D eigenvalue weighted by atomic mass is 10.0. The van der Waals surface area contributed by atoms with Crippen molar-refractivity contribution in [1.29, 1.82) is 0 Å². The lowest BCUT2D eigenvalue weighted by Gasteiger charge is -2.10. The van der Waals surface area contributed by atoms with Gasteiger partial charge >= 0.3 is 5.97 Å². The number of aromatic nitrogens is 1. The summed E-state index contributed by atoms with van der Waals surface area (Å²) < 4.78 is 5.61. The highest BCUT2D eigenvalue weighted by molar-refractivity contribution is 5.95. The van der Waals surface area contributed by atoms with Gasteiger partial charge in [0.15, 0.2) is 0 Å². The summed E-state index contributed by atoms with van der Waals surface area (Å²) in [6.45, 7) is 2.00. The number of rotatable bonds is 6. The van der Waals surface area contributed by atoms with Crippen molar-refractivity contribution in [3.05, 3.63) is 48.2 Å². The van der Waals surface area contributed by atoms with Crippen LogP contribution in [0.1, 0.15) is 24.8 Å². The van der Waals surface area contributed by atoms with E-state index in [4.69, 9.17) is 9.84 Å². The lowest BCUT2D eigenvalue weighted by molar-refractivity contribution is -0.145. The average Bonchev–Trinajstić information content (AvgIpc) is 3.32. The normalized spacial score (nSPS) is 14.7. The van der Waals surface area contributed by atoms with Gasteiger partial charge in [0.25, 0.3) is 0 Å². The predicted octanol–water partition coefficient (Wildman–Crippen LogP) is 3.38. The Hall–Kier alpha value is -2.89. The molecule has 0 spiro atoms. The molecule has 1 saturated carbocycles. The number of carboxylic acids is 1. The third-order valence-corrected chi connectivity index (χ3v) is 4.07. The first-order valence-electron chi connectivity index (χ1n) is 7.71. The van der Waals surface area contributed by atoms with Crippen molar-refractivity contribution in [2.45, 2.75) is 26.2 Å². The summed E-state index contributed by atoms with van der Waals surface area (Å²) in [4.78, 5) is 27.2. The number of benzene rings is 1. The van der Waals surface area contributed by atoms with Crippen molar-refractivity contribution < 1.29 is 19.4 Å². The van der Waals surface area contributed by atoms with E-state index in [9.17, 15) is 9.59 Å². The molecule has 2 aromatic rings. The van der Waals surface area contributed by atoms with Gasteiger partial charge in [-0.05, 0) is 38.0 Å². The Bertz CT molecular complexity index is 750. The van der Waals surface area contributed by atoms with Gasteiger partial charge in [-0.1, -0.05) is 17.7 Å². The lowest BCUT2D eigenvalue weighted by Crippen LogP contribution is -2.23. The molecule has 24 heavy (non-hydrogen) atoms. The van der Waals surface area contributed by atoms with E-state index in [0.717, 1.165) is 5.56 Å². The summed E-state index contributed by atoms with van der Waals surface area (Å²) in [5.41, 5.74) is 0.784. The Kier molecular flexibility index (Phi) is 4.20. The molecule has 1 aromatic carbocycles. The molecule has 124 valence electrons. The Morgan fingerprint density at radius 1 is 1.21 bits per heavy atom. The topological polar surface area (TPSA) is 88.5 Å². The van der Waals surface area contributed by atoms with Crippen LogP contribution in [0, 0.1) is 12.3 Å². The molecular weight excluding hydrogens is 308 g/mol. The zero-order valence-electron chi connectivity index (χ0n) is 13.3. The van der Waals surface area contributed by atoms with Crippen LogP contribution in [0.25, 0.3) is 0 Å². The molecule has 0 atom stereocenters.